The molecule has 2 aliphatic carbocycles. The second-order valence-electron chi connectivity index (χ2n) is 10.2. The molecule has 2 unspecified atom stereocenters. The van der Waals surface area contributed by atoms with Crippen molar-refractivity contribution >= 4 is 17.8 Å². The van der Waals surface area contributed by atoms with Gasteiger partial charge in [0.2, 0.25) is 11.8 Å². The first-order valence-corrected chi connectivity index (χ1v) is 10.2. The average Bonchev–Trinajstić information content (AvgIpc) is 3.46. The fourth-order valence-electron chi connectivity index (χ4n) is 4.85. The Kier molecular flexibility index (Phi) is 5.28. The van der Waals surface area contributed by atoms with E-state index >= 15 is 0 Å². The Morgan fingerprint density at radius 1 is 1.14 bits per heavy atom. The van der Waals surface area contributed by atoms with Crippen LogP contribution < -0.4 is 5.32 Å². The summed E-state index contributed by atoms with van der Waals surface area (Å²) in [6.07, 6.45) is 1.41. The van der Waals surface area contributed by atoms with E-state index in [1.54, 1.807) is 4.90 Å². The normalized spacial score (nSPS) is 30.2. The fourth-order valence-corrected chi connectivity index (χ4v) is 4.85. The summed E-state index contributed by atoms with van der Waals surface area (Å²) in [6, 6.07) is -1.31. The van der Waals surface area contributed by atoms with Crippen LogP contribution in [0.3, 0.4) is 0 Å². The zero-order valence-electron chi connectivity index (χ0n) is 18.1. The molecule has 7 nitrogen and oxygen atoms in total. The zero-order chi connectivity index (χ0) is 21.0. The monoisotopic (exact) mass is 394 g/mol. The number of carbonyl (C=O) groups is 3. The summed E-state index contributed by atoms with van der Waals surface area (Å²) in [4.78, 5) is 40.4. The SMILES string of the molecule is COC(=O)[C@@H]1[C@@H]2[C@H](CN1C(=O)C(NC(=O)C(OC)C1CC1)C(C)(C)C)C2(C)C. The fraction of sp³-hybridized carbons (Fsp3) is 0.857. The van der Waals surface area contributed by atoms with Crippen LogP contribution in [0.25, 0.3) is 0 Å². The molecule has 0 aromatic rings. The van der Waals surface area contributed by atoms with E-state index < -0.39 is 23.6 Å². The van der Waals surface area contributed by atoms with Crippen LogP contribution in [-0.4, -0.2) is 61.6 Å². The van der Waals surface area contributed by atoms with Crippen molar-refractivity contribution < 1.29 is 23.9 Å². The van der Waals surface area contributed by atoms with Gasteiger partial charge in [-0.2, -0.15) is 0 Å². The molecule has 3 rings (SSSR count). The minimum Gasteiger partial charge on any atom is -0.467 e. The summed E-state index contributed by atoms with van der Waals surface area (Å²) < 4.78 is 10.4. The van der Waals surface area contributed by atoms with Gasteiger partial charge < -0.3 is 19.7 Å². The number of esters is 1. The molecule has 0 bridgehead atoms. The van der Waals surface area contributed by atoms with Crippen LogP contribution in [0.15, 0.2) is 0 Å². The Bertz CT molecular complexity index is 664. The van der Waals surface area contributed by atoms with Gasteiger partial charge in [-0.05, 0) is 35.5 Å². The third-order valence-electron chi connectivity index (χ3n) is 6.90. The van der Waals surface area contributed by atoms with Gasteiger partial charge in [0, 0.05) is 19.6 Å². The first-order valence-electron chi connectivity index (χ1n) is 10.2. The lowest BCUT2D eigenvalue weighted by atomic mass is 9.85. The molecule has 0 radical (unpaired) electrons. The van der Waals surface area contributed by atoms with Gasteiger partial charge >= 0.3 is 5.97 Å². The van der Waals surface area contributed by atoms with Gasteiger partial charge in [0.1, 0.15) is 18.2 Å². The summed E-state index contributed by atoms with van der Waals surface area (Å²) in [6.45, 7) is 10.5. The lowest BCUT2D eigenvalue weighted by molar-refractivity contribution is -0.155. The number of ether oxygens (including phenoxy) is 2. The van der Waals surface area contributed by atoms with Gasteiger partial charge in [0.15, 0.2) is 0 Å². The van der Waals surface area contributed by atoms with Crippen molar-refractivity contribution in [1.29, 1.82) is 0 Å². The summed E-state index contributed by atoms with van der Waals surface area (Å²) in [5.74, 6) is -0.224. The van der Waals surface area contributed by atoms with Crippen LogP contribution in [0.1, 0.15) is 47.5 Å². The Morgan fingerprint density at radius 3 is 2.21 bits per heavy atom. The van der Waals surface area contributed by atoms with Crippen LogP contribution in [0, 0.1) is 28.6 Å². The highest BCUT2D eigenvalue weighted by Crippen LogP contribution is 2.65. The van der Waals surface area contributed by atoms with Crippen molar-refractivity contribution in [1.82, 2.24) is 10.2 Å². The van der Waals surface area contributed by atoms with Crippen molar-refractivity contribution in [2.24, 2.45) is 28.6 Å². The molecule has 1 heterocycles. The highest BCUT2D eigenvalue weighted by molar-refractivity contribution is 5.93. The Balaban J connectivity index is 1.80. The van der Waals surface area contributed by atoms with E-state index in [-0.39, 0.29) is 41.0 Å². The highest BCUT2D eigenvalue weighted by atomic mass is 16.5. The number of amides is 2. The summed E-state index contributed by atoms with van der Waals surface area (Å²) in [5.41, 5.74) is -0.471. The van der Waals surface area contributed by atoms with E-state index in [1.807, 2.05) is 20.8 Å². The van der Waals surface area contributed by atoms with Crippen molar-refractivity contribution in [2.75, 3.05) is 20.8 Å². The van der Waals surface area contributed by atoms with Gasteiger partial charge in [-0.3, -0.25) is 9.59 Å². The van der Waals surface area contributed by atoms with E-state index in [0.717, 1.165) is 12.8 Å². The topological polar surface area (TPSA) is 84.9 Å². The maximum atomic E-state index is 13.5. The lowest BCUT2D eigenvalue weighted by Crippen LogP contribution is -2.59. The molecule has 5 atom stereocenters. The molecule has 3 aliphatic rings. The summed E-state index contributed by atoms with van der Waals surface area (Å²) in [5, 5.41) is 2.93. The van der Waals surface area contributed by atoms with Gasteiger partial charge in [-0.1, -0.05) is 34.6 Å². The van der Waals surface area contributed by atoms with Gasteiger partial charge in [-0.15, -0.1) is 0 Å². The number of likely N-dealkylation sites (tertiary alicyclic amines) is 1. The number of piperidine rings is 1. The Hall–Kier alpha value is -1.63. The summed E-state index contributed by atoms with van der Waals surface area (Å²) in [7, 11) is 2.88. The number of methoxy groups -OCH3 is 2. The van der Waals surface area contributed by atoms with Gasteiger partial charge in [0.25, 0.3) is 0 Å². The quantitative estimate of drug-likeness (QED) is 0.692. The van der Waals surface area contributed by atoms with Crippen LogP contribution in [0.4, 0.5) is 0 Å². The molecule has 1 N–H and O–H groups in total. The number of carbonyl (C=O) groups excluding carboxylic acids is 3. The average molecular weight is 395 g/mol. The van der Waals surface area contributed by atoms with E-state index in [0.29, 0.717) is 6.54 Å². The molecule has 1 aliphatic heterocycles. The maximum absolute atomic E-state index is 13.5. The molecular formula is C21H34N2O5. The number of hydrogen-bond acceptors (Lipinski definition) is 5. The predicted octanol–water partition coefficient (Wildman–Crippen LogP) is 1.60. The van der Waals surface area contributed by atoms with Crippen LogP contribution in [0.5, 0.6) is 0 Å². The van der Waals surface area contributed by atoms with Crippen LogP contribution >= 0.6 is 0 Å². The third-order valence-corrected chi connectivity index (χ3v) is 6.90. The molecule has 0 aromatic heterocycles. The highest BCUT2D eigenvalue weighted by Gasteiger charge is 2.70. The molecule has 158 valence electrons. The predicted molar refractivity (Wildman–Crippen MR) is 103 cm³/mol. The molecule has 0 spiro atoms. The van der Waals surface area contributed by atoms with E-state index in [9.17, 15) is 14.4 Å². The van der Waals surface area contributed by atoms with Crippen LogP contribution in [0.2, 0.25) is 0 Å². The first kappa shape index (κ1) is 21.1. The van der Waals surface area contributed by atoms with E-state index in [2.05, 4.69) is 19.2 Å². The smallest absolute Gasteiger partial charge is 0.328 e. The maximum Gasteiger partial charge on any atom is 0.328 e. The third kappa shape index (κ3) is 3.53. The molecule has 3 fully saturated rings. The van der Waals surface area contributed by atoms with Gasteiger partial charge in [0.05, 0.1) is 7.11 Å². The molecule has 0 aromatic carbocycles. The first-order chi connectivity index (χ1) is 12.9. The standard InChI is InChI=1S/C21H34N2O5/c1-20(2,3)16(22-17(24)15(27-6)11-8-9-11)18(25)23-10-12-13(21(12,4)5)14(23)19(26)28-7/h11-16H,8-10H2,1-7H3,(H,22,24)/t12-,13-,14-,15?,16?/m0/s1. The van der Waals surface area contributed by atoms with Crippen molar-refractivity contribution in [2.45, 2.75) is 65.6 Å². The largest absolute Gasteiger partial charge is 0.467 e. The number of rotatable bonds is 6. The minimum atomic E-state index is -0.732. The molecule has 7 heteroatoms. The Morgan fingerprint density at radius 2 is 1.75 bits per heavy atom. The van der Waals surface area contributed by atoms with Crippen molar-refractivity contribution in [3.63, 3.8) is 0 Å². The molecule has 2 saturated carbocycles. The lowest BCUT2D eigenvalue weighted by Gasteiger charge is -2.37. The minimum absolute atomic E-state index is 0.0310. The molecular weight excluding hydrogens is 360 g/mol. The molecule has 1 saturated heterocycles. The zero-order valence-corrected chi connectivity index (χ0v) is 18.1. The molecule has 28 heavy (non-hydrogen) atoms. The number of hydrogen-bond donors (Lipinski definition) is 1. The number of nitrogens with zero attached hydrogens (tertiary/aromatic N) is 1. The van der Waals surface area contributed by atoms with Crippen molar-refractivity contribution in [3.8, 4) is 0 Å². The summed E-state index contributed by atoms with van der Waals surface area (Å²) >= 11 is 0. The second kappa shape index (κ2) is 7.01. The van der Waals surface area contributed by atoms with E-state index in [1.165, 1.54) is 14.2 Å². The second-order valence-corrected chi connectivity index (χ2v) is 10.2. The van der Waals surface area contributed by atoms with E-state index in [4.69, 9.17) is 9.47 Å². The van der Waals surface area contributed by atoms with Gasteiger partial charge in [-0.25, -0.2) is 4.79 Å². The van der Waals surface area contributed by atoms with Crippen LogP contribution in [-0.2, 0) is 23.9 Å². The van der Waals surface area contributed by atoms with Crippen molar-refractivity contribution in [3.05, 3.63) is 0 Å². The Labute approximate surface area is 167 Å². The molecule has 2 amide bonds. The number of fused-ring (bicyclic) bond motifs is 1. The number of nitrogens with one attached hydrogen (secondary N) is 1.